The molecule has 0 aliphatic carbocycles. The van der Waals surface area contributed by atoms with Gasteiger partial charge in [0.1, 0.15) is 0 Å². The van der Waals surface area contributed by atoms with Gasteiger partial charge in [-0.05, 0) is 44.4 Å². The quantitative estimate of drug-likeness (QED) is 0.795. The highest BCUT2D eigenvalue weighted by Crippen LogP contribution is 2.06. The van der Waals surface area contributed by atoms with Crippen molar-refractivity contribution in [1.29, 1.82) is 0 Å². The normalized spacial score (nSPS) is 11.6. The molecule has 0 aromatic heterocycles. The van der Waals surface area contributed by atoms with E-state index in [4.69, 9.17) is 4.74 Å². The Morgan fingerprint density at radius 3 is 2.54 bits per heavy atom. The average Bonchev–Trinajstić information content (AvgIpc) is 2.59. The van der Waals surface area contributed by atoms with Crippen LogP contribution in [0.25, 0.3) is 0 Å². The minimum atomic E-state index is -0.481. The molecular weight excluding hydrogens is 302 g/mol. The van der Waals surface area contributed by atoms with Crippen molar-refractivity contribution in [2.75, 3.05) is 6.61 Å². The number of hydrogen-bond acceptors (Lipinski definition) is 3. The molecule has 4 heteroatoms. The summed E-state index contributed by atoms with van der Waals surface area (Å²) in [6, 6.07) is 17.3. The molecule has 1 atom stereocenters. The van der Waals surface area contributed by atoms with E-state index in [2.05, 4.69) is 17.4 Å². The minimum Gasteiger partial charge on any atom is -0.452 e. The minimum absolute atomic E-state index is 0.0235. The number of carbonyl (C=O) groups is 2. The number of hydrogen-bond donors (Lipinski definition) is 1. The highest BCUT2D eigenvalue weighted by atomic mass is 16.5. The highest BCUT2D eigenvalue weighted by Gasteiger charge is 2.12. The maximum atomic E-state index is 11.9. The largest absolute Gasteiger partial charge is 0.452 e. The third kappa shape index (κ3) is 5.88. The number of amides is 1. The molecule has 2 aromatic rings. The summed E-state index contributed by atoms with van der Waals surface area (Å²) < 4.78 is 5.06. The molecule has 2 aromatic carbocycles. The predicted molar refractivity (Wildman–Crippen MR) is 93.8 cm³/mol. The molecule has 0 radical (unpaired) electrons. The van der Waals surface area contributed by atoms with Gasteiger partial charge < -0.3 is 10.1 Å². The van der Waals surface area contributed by atoms with Crippen molar-refractivity contribution in [3.8, 4) is 0 Å². The van der Waals surface area contributed by atoms with Crippen LogP contribution in [0.4, 0.5) is 0 Å². The molecule has 1 N–H and O–H groups in total. The van der Waals surface area contributed by atoms with E-state index in [9.17, 15) is 9.59 Å². The monoisotopic (exact) mass is 325 g/mol. The molecule has 126 valence electrons. The zero-order valence-corrected chi connectivity index (χ0v) is 14.1. The molecule has 0 bridgehead atoms. The van der Waals surface area contributed by atoms with E-state index < -0.39 is 5.97 Å². The van der Waals surface area contributed by atoms with Gasteiger partial charge in [-0.1, -0.05) is 48.0 Å². The Morgan fingerprint density at radius 1 is 1.08 bits per heavy atom. The summed E-state index contributed by atoms with van der Waals surface area (Å²) in [6.45, 7) is 3.59. The molecular formula is C20H23NO3. The third-order valence-corrected chi connectivity index (χ3v) is 3.70. The Balaban J connectivity index is 1.71. The van der Waals surface area contributed by atoms with E-state index in [1.807, 2.05) is 38.1 Å². The van der Waals surface area contributed by atoms with Crippen molar-refractivity contribution in [3.05, 3.63) is 71.3 Å². The molecule has 4 nitrogen and oxygen atoms in total. The molecule has 2 rings (SSSR count). The van der Waals surface area contributed by atoms with Crippen LogP contribution in [0.5, 0.6) is 0 Å². The zero-order valence-electron chi connectivity index (χ0n) is 14.1. The Labute approximate surface area is 142 Å². The molecule has 1 amide bonds. The van der Waals surface area contributed by atoms with Crippen molar-refractivity contribution in [2.45, 2.75) is 32.7 Å². The fraction of sp³-hybridized carbons (Fsp3) is 0.300. The standard InChI is InChI=1S/C20H23NO3/c1-15-7-6-10-18(13-15)20(23)24-14-19(22)21-16(2)11-12-17-8-4-3-5-9-17/h3-10,13,16H,11-12,14H2,1-2H3,(H,21,22)/t16-/m1/s1. The first-order valence-electron chi connectivity index (χ1n) is 8.11. The van der Waals surface area contributed by atoms with Gasteiger partial charge in [0.05, 0.1) is 5.56 Å². The third-order valence-electron chi connectivity index (χ3n) is 3.70. The summed E-state index contributed by atoms with van der Waals surface area (Å²) >= 11 is 0. The molecule has 0 spiro atoms. The van der Waals surface area contributed by atoms with Gasteiger partial charge in [-0.15, -0.1) is 0 Å². The van der Waals surface area contributed by atoms with Gasteiger partial charge >= 0.3 is 5.97 Å². The number of rotatable bonds is 7. The van der Waals surface area contributed by atoms with Crippen LogP contribution in [0.1, 0.15) is 34.8 Å². The van der Waals surface area contributed by atoms with Gasteiger partial charge in [-0.25, -0.2) is 4.79 Å². The lowest BCUT2D eigenvalue weighted by molar-refractivity contribution is -0.124. The molecule has 0 saturated heterocycles. The van der Waals surface area contributed by atoms with Crippen LogP contribution in [0.2, 0.25) is 0 Å². The highest BCUT2D eigenvalue weighted by molar-refractivity contribution is 5.91. The van der Waals surface area contributed by atoms with Crippen molar-refractivity contribution >= 4 is 11.9 Å². The maximum absolute atomic E-state index is 11.9. The second-order valence-electron chi connectivity index (χ2n) is 5.94. The van der Waals surface area contributed by atoms with E-state index in [1.54, 1.807) is 18.2 Å². The average molecular weight is 325 g/mol. The fourth-order valence-corrected chi connectivity index (χ4v) is 2.40. The van der Waals surface area contributed by atoms with E-state index >= 15 is 0 Å². The van der Waals surface area contributed by atoms with Gasteiger partial charge in [0, 0.05) is 6.04 Å². The predicted octanol–water partition coefficient (Wildman–Crippen LogP) is 3.29. The van der Waals surface area contributed by atoms with Gasteiger partial charge in [0.25, 0.3) is 5.91 Å². The number of nitrogens with one attached hydrogen (secondary N) is 1. The topological polar surface area (TPSA) is 55.4 Å². The maximum Gasteiger partial charge on any atom is 0.338 e. The lowest BCUT2D eigenvalue weighted by Gasteiger charge is -2.14. The Morgan fingerprint density at radius 2 is 1.83 bits per heavy atom. The fourth-order valence-electron chi connectivity index (χ4n) is 2.40. The molecule has 0 unspecified atom stereocenters. The number of esters is 1. The second kappa shape index (κ2) is 8.87. The van der Waals surface area contributed by atoms with Crippen LogP contribution >= 0.6 is 0 Å². The number of aryl methyl sites for hydroxylation is 2. The zero-order chi connectivity index (χ0) is 17.4. The number of ether oxygens (including phenoxy) is 1. The van der Waals surface area contributed by atoms with Gasteiger partial charge in [-0.3, -0.25) is 4.79 Å². The lowest BCUT2D eigenvalue weighted by Crippen LogP contribution is -2.36. The van der Waals surface area contributed by atoms with Crippen molar-refractivity contribution in [2.24, 2.45) is 0 Å². The smallest absolute Gasteiger partial charge is 0.338 e. The summed E-state index contributed by atoms with van der Waals surface area (Å²) in [4.78, 5) is 23.8. The summed E-state index contributed by atoms with van der Waals surface area (Å²) in [5, 5.41) is 2.85. The molecule has 0 aliphatic rings. The van der Waals surface area contributed by atoms with E-state index in [0.717, 1.165) is 18.4 Å². The molecule has 0 heterocycles. The molecule has 0 fully saturated rings. The molecule has 0 aliphatic heterocycles. The Kier molecular flexibility index (Phi) is 6.55. The first-order chi connectivity index (χ1) is 11.5. The SMILES string of the molecule is Cc1cccc(C(=O)OCC(=O)N[C@H](C)CCc2ccccc2)c1. The van der Waals surface area contributed by atoms with Crippen LogP contribution in [0, 0.1) is 6.92 Å². The van der Waals surface area contributed by atoms with Crippen molar-refractivity contribution < 1.29 is 14.3 Å². The summed E-state index contributed by atoms with van der Waals surface area (Å²) in [7, 11) is 0. The van der Waals surface area contributed by atoms with Crippen LogP contribution in [0.3, 0.4) is 0 Å². The van der Waals surface area contributed by atoms with Gasteiger partial charge in [0.15, 0.2) is 6.61 Å². The second-order valence-corrected chi connectivity index (χ2v) is 5.94. The van der Waals surface area contributed by atoms with E-state index in [0.29, 0.717) is 5.56 Å². The van der Waals surface area contributed by atoms with Crippen LogP contribution < -0.4 is 5.32 Å². The Bertz CT molecular complexity index is 682. The number of carbonyl (C=O) groups excluding carboxylic acids is 2. The Hall–Kier alpha value is -2.62. The summed E-state index contributed by atoms with van der Waals surface area (Å²) in [5.41, 5.74) is 2.67. The summed E-state index contributed by atoms with van der Waals surface area (Å²) in [5.74, 6) is -0.762. The van der Waals surface area contributed by atoms with Crippen molar-refractivity contribution in [1.82, 2.24) is 5.32 Å². The molecule has 24 heavy (non-hydrogen) atoms. The summed E-state index contributed by atoms with van der Waals surface area (Å²) in [6.07, 6.45) is 1.73. The van der Waals surface area contributed by atoms with Crippen molar-refractivity contribution in [3.63, 3.8) is 0 Å². The van der Waals surface area contributed by atoms with Gasteiger partial charge in [-0.2, -0.15) is 0 Å². The van der Waals surface area contributed by atoms with Crippen LogP contribution in [-0.4, -0.2) is 24.5 Å². The first-order valence-corrected chi connectivity index (χ1v) is 8.11. The lowest BCUT2D eigenvalue weighted by atomic mass is 10.1. The van der Waals surface area contributed by atoms with E-state index in [-0.39, 0.29) is 18.6 Å². The van der Waals surface area contributed by atoms with Gasteiger partial charge in [0.2, 0.25) is 0 Å². The van der Waals surface area contributed by atoms with E-state index in [1.165, 1.54) is 5.56 Å². The number of benzene rings is 2. The van der Waals surface area contributed by atoms with Crippen LogP contribution in [-0.2, 0) is 16.0 Å². The first kappa shape index (κ1) is 17.7. The molecule has 0 saturated carbocycles. The van der Waals surface area contributed by atoms with Crippen LogP contribution in [0.15, 0.2) is 54.6 Å².